The van der Waals surface area contributed by atoms with Crippen LogP contribution in [0.3, 0.4) is 0 Å². The minimum atomic E-state index is 0.335. The minimum absolute atomic E-state index is 0.335. The minimum Gasteiger partial charge on any atom is -0.316 e. The van der Waals surface area contributed by atoms with Crippen molar-refractivity contribution in [3.63, 3.8) is 0 Å². The lowest BCUT2D eigenvalue weighted by atomic mass is 9.73. The fourth-order valence-corrected chi connectivity index (χ4v) is 3.27. The third kappa shape index (κ3) is 2.41. The summed E-state index contributed by atoms with van der Waals surface area (Å²) in [5.74, 6) is 1.99. The maximum atomic E-state index is 12.3. The van der Waals surface area contributed by atoms with Crippen molar-refractivity contribution in [3.8, 4) is 0 Å². The van der Waals surface area contributed by atoms with Gasteiger partial charge in [-0.05, 0) is 31.7 Å². The number of nitrogens with one attached hydrogen (secondary N) is 1. The Labute approximate surface area is 92.8 Å². The fraction of sp³-hybridized carbons (Fsp3) is 0.923. The van der Waals surface area contributed by atoms with E-state index in [1.807, 2.05) is 0 Å². The van der Waals surface area contributed by atoms with Gasteiger partial charge in [-0.25, -0.2) is 0 Å². The summed E-state index contributed by atoms with van der Waals surface area (Å²) in [6.07, 6.45) is 7.32. The van der Waals surface area contributed by atoms with Crippen LogP contribution in [-0.4, -0.2) is 18.9 Å². The molecule has 3 atom stereocenters. The topological polar surface area (TPSA) is 29.1 Å². The van der Waals surface area contributed by atoms with Crippen molar-refractivity contribution in [2.75, 3.05) is 13.1 Å². The average Bonchev–Trinajstić information content (AvgIpc) is 2.81. The zero-order valence-electron chi connectivity index (χ0n) is 9.80. The molecule has 1 N–H and O–H groups in total. The molecule has 1 aliphatic carbocycles. The van der Waals surface area contributed by atoms with Crippen molar-refractivity contribution < 1.29 is 4.79 Å². The van der Waals surface area contributed by atoms with Crippen LogP contribution < -0.4 is 5.32 Å². The molecule has 86 valence electrons. The molecule has 2 aliphatic rings. The molecule has 0 amide bonds. The van der Waals surface area contributed by atoms with Gasteiger partial charge in [0, 0.05) is 18.4 Å². The molecule has 2 fully saturated rings. The molecule has 0 spiro atoms. The lowest BCUT2D eigenvalue weighted by Crippen LogP contribution is -2.32. The van der Waals surface area contributed by atoms with Crippen molar-refractivity contribution in [1.29, 1.82) is 0 Å². The zero-order valence-corrected chi connectivity index (χ0v) is 9.80. The number of hydrogen-bond acceptors (Lipinski definition) is 2. The van der Waals surface area contributed by atoms with E-state index in [1.165, 1.54) is 25.7 Å². The molecule has 2 rings (SSSR count). The van der Waals surface area contributed by atoms with E-state index < -0.39 is 0 Å². The van der Waals surface area contributed by atoms with Gasteiger partial charge in [0.05, 0.1) is 0 Å². The molecule has 1 saturated carbocycles. The van der Waals surface area contributed by atoms with Crippen molar-refractivity contribution in [2.24, 2.45) is 17.8 Å². The van der Waals surface area contributed by atoms with Gasteiger partial charge >= 0.3 is 0 Å². The number of carbonyl (C=O) groups is 1. The summed E-state index contributed by atoms with van der Waals surface area (Å²) in [5.41, 5.74) is 0. The molecule has 15 heavy (non-hydrogen) atoms. The molecular formula is C13H23NO. The van der Waals surface area contributed by atoms with Crippen molar-refractivity contribution in [2.45, 2.75) is 45.4 Å². The Bertz CT molecular complexity index is 221. The summed E-state index contributed by atoms with van der Waals surface area (Å²) in [5, 5.41) is 3.30. The van der Waals surface area contributed by atoms with Crippen LogP contribution in [0.1, 0.15) is 45.4 Å². The van der Waals surface area contributed by atoms with E-state index in [0.29, 0.717) is 23.5 Å². The Hall–Kier alpha value is -0.370. The Morgan fingerprint density at radius 3 is 2.73 bits per heavy atom. The lowest BCUT2D eigenvalue weighted by molar-refractivity contribution is -0.129. The summed E-state index contributed by atoms with van der Waals surface area (Å²) >= 11 is 0. The average molecular weight is 209 g/mol. The van der Waals surface area contributed by atoms with Gasteiger partial charge in [-0.2, -0.15) is 0 Å². The van der Waals surface area contributed by atoms with E-state index in [-0.39, 0.29) is 0 Å². The van der Waals surface area contributed by atoms with Crippen molar-refractivity contribution in [3.05, 3.63) is 0 Å². The highest BCUT2D eigenvalue weighted by Gasteiger charge is 2.34. The first-order valence-corrected chi connectivity index (χ1v) is 6.57. The molecule has 1 aliphatic heterocycles. The molecule has 0 aromatic carbocycles. The Balaban J connectivity index is 1.96. The van der Waals surface area contributed by atoms with Gasteiger partial charge in [-0.3, -0.25) is 4.79 Å². The second-order valence-corrected chi connectivity index (χ2v) is 5.15. The quantitative estimate of drug-likeness (QED) is 0.773. The zero-order chi connectivity index (χ0) is 10.7. The maximum absolute atomic E-state index is 12.3. The monoisotopic (exact) mass is 209 g/mol. The van der Waals surface area contributed by atoms with Gasteiger partial charge in [0.1, 0.15) is 5.78 Å². The van der Waals surface area contributed by atoms with Gasteiger partial charge in [0.15, 0.2) is 0 Å². The largest absolute Gasteiger partial charge is 0.316 e. The van der Waals surface area contributed by atoms with E-state index in [4.69, 9.17) is 0 Å². The van der Waals surface area contributed by atoms with E-state index in [0.717, 1.165) is 25.9 Å². The molecule has 0 bridgehead atoms. The summed E-state index contributed by atoms with van der Waals surface area (Å²) in [6.45, 7) is 4.22. The van der Waals surface area contributed by atoms with Gasteiger partial charge in [0.2, 0.25) is 0 Å². The number of Topliss-reactive ketones (excluding diaryl/α,β-unsaturated/α-hetero) is 1. The second kappa shape index (κ2) is 5.11. The first-order chi connectivity index (χ1) is 7.33. The smallest absolute Gasteiger partial charge is 0.140 e. The van der Waals surface area contributed by atoms with E-state index in [2.05, 4.69) is 12.2 Å². The lowest BCUT2D eigenvalue weighted by Gasteiger charge is -2.31. The molecule has 2 unspecified atom stereocenters. The molecule has 0 aromatic heterocycles. The second-order valence-electron chi connectivity index (χ2n) is 5.15. The highest BCUT2D eigenvalue weighted by Crippen LogP contribution is 2.35. The van der Waals surface area contributed by atoms with Crippen LogP contribution in [0.15, 0.2) is 0 Å². The maximum Gasteiger partial charge on any atom is 0.140 e. The van der Waals surface area contributed by atoms with Crippen LogP contribution in [0.25, 0.3) is 0 Å². The van der Waals surface area contributed by atoms with Crippen LogP contribution in [-0.2, 0) is 4.79 Å². The first-order valence-electron chi connectivity index (χ1n) is 6.57. The van der Waals surface area contributed by atoms with E-state index in [1.54, 1.807) is 0 Å². The molecule has 1 heterocycles. The standard InChI is InChI=1S/C13H23NO/c1-2-10-5-3-4-6-12(10)13(15)11-7-8-14-9-11/h10-12,14H,2-9H2,1H3/t10?,11-,12?/m1/s1. The van der Waals surface area contributed by atoms with Crippen LogP contribution >= 0.6 is 0 Å². The molecule has 1 saturated heterocycles. The molecular weight excluding hydrogens is 186 g/mol. The summed E-state index contributed by atoms with van der Waals surface area (Å²) in [6, 6.07) is 0. The molecule has 0 radical (unpaired) electrons. The Kier molecular flexibility index (Phi) is 3.79. The number of ketones is 1. The van der Waals surface area contributed by atoms with Gasteiger partial charge in [-0.1, -0.05) is 26.2 Å². The van der Waals surface area contributed by atoms with Crippen LogP contribution in [0.2, 0.25) is 0 Å². The predicted octanol–water partition coefficient (Wildman–Crippen LogP) is 2.38. The molecule has 2 heteroatoms. The van der Waals surface area contributed by atoms with E-state index in [9.17, 15) is 4.79 Å². The third-order valence-corrected chi connectivity index (χ3v) is 4.26. The molecule has 0 aromatic rings. The SMILES string of the molecule is CCC1CCCCC1C(=O)[C@@H]1CCNC1. The summed E-state index contributed by atoms with van der Waals surface area (Å²) < 4.78 is 0. The van der Waals surface area contributed by atoms with Crippen molar-refractivity contribution >= 4 is 5.78 Å². The third-order valence-electron chi connectivity index (χ3n) is 4.26. The summed E-state index contributed by atoms with van der Waals surface area (Å²) in [7, 11) is 0. The van der Waals surface area contributed by atoms with Crippen LogP contribution in [0, 0.1) is 17.8 Å². The van der Waals surface area contributed by atoms with E-state index >= 15 is 0 Å². The number of hydrogen-bond donors (Lipinski definition) is 1. The highest BCUT2D eigenvalue weighted by molar-refractivity contribution is 5.84. The normalized spacial score (nSPS) is 36.7. The fourth-order valence-electron chi connectivity index (χ4n) is 3.27. The number of rotatable bonds is 3. The highest BCUT2D eigenvalue weighted by atomic mass is 16.1. The predicted molar refractivity (Wildman–Crippen MR) is 61.7 cm³/mol. The number of carbonyl (C=O) groups excluding carboxylic acids is 1. The Morgan fingerprint density at radius 2 is 2.07 bits per heavy atom. The first kappa shape index (κ1) is 11.1. The van der Waals surface area contributed by atoms with Crippen molar-refractivity contribution in [1.82, 2.24) is 5.32 Å². The molecule has 2 nitrogen and oxygen atoms in total. The van der Waals surface area contributed by atoms with Gasteiger partial charge in [0.25, 0.3) is 0 Å². The van der Waals surface area contributed by atoms with Gasteiger partial charge in [-0.15, -0.1) is 0 Å². The van der Waals surface area contributed by atoms with Crippen LogP contribution in [0.4, 0.5) is 0 Å². The summed E-state index contributed by atoms with van der Waals surface area (Å²) in [4.78, 5) is 12.3. The Morgan fingerprint density at radius 1 is 1.27 bits per heavy atom. The van der Waals surface area contributed by atoms with Crippen LogP contribution in [0.5, 0.6) is 0 Å². The van der Waals surface area contributed by atoms with Gasteiger partial charge < -0.3 is 5.32 Å².